The van der Waals surface area contributed by atoms with Gasteiger partial charge in [-0.3, -0.25) is 0 Å². The maximum absolute atomic E-state index is 4.06. The lowest BCUT2D eigenvalue weighted by Crippen LogP contribution is -2.55. The number of hydrogen-bond acceptors (Lipinski definition) is 1. The molecule has 1 heteroatoms. The van der Waals surface area contributed by atoms with E-state index in [1.165, 1.54) is 32.2 Å². The van der Waals surface area contributed by atoms with Crippen LogP contribution in [0.1, 0.15) is 64.7 Å². The van der Waals surface area contributed by atoms with Crippen molar-refractivity contribution in [3.8, 4) is 0 Å². The number of rotatable bonds is 3. The Morgan fingerprint density at radius 2 is 1.53 bits per heavy atom. The average molecular weight is 261 g/mol. The van der Waals surface area contributed by atoms with Crippen LogP contribution in [0.15, 0.2) is 0 Å². The minimum absolute atomic E-state index is 0.907. The van der Waals surface area contributed by atoms with Crippen LogP contribution in [0.2, 0.25) is 0 Å². The van der Waals surface area contributed by atoms with Gasteiger partial charge in [-0.2, -0.15) is 0 Å². The highest BCUT2D eigenvalue weighted by Gasteiger charge is 2.47. The van der Waals surface area contributed by atoms with Crippen LogP contribution in [0.5, 0.6) is 0 Å². The van der Waals surface area contributed by atoms with Crippen molar-refractivity contribution in [1.29, 1.82) is 0 Å². The van der Waals surface area contributed by atoms with Gasteiger partial charge in [0.2, 0.25) is 0 Å². The van der Waals surface area contributed by atoms with E-state index in [1.807, 2.05) is 0 Å². The molecule has 2 unspecified atom stereocenters. The summed E-state index contributed by atoms with van der Waals surface area (Å²) in [4.78, 5) is 0. The van der Waals surface area contributed by atoms with Gasteiger partial charge in [-0.15, -0.1) is 0 Å². The van der Waals surface area contributed by atoms with Gasteiger partial charge >= 0.3 is 0 Å². The fourth-order valence-corrected chi connectivity index (χ4v) is 6.31. The summed E-state index contributed by atoms with van der Waals surface area (Å²) < 4.78 is 0. The van der Waals surface area contributed by atoms with E-state index in [-0.39, 0.29) is 0 Å². The number of nitrogens with one attached hydrogen (secondary N) is 1. The molecule has 5 rings (SSSR count). The minimum atomic E-state index is 0.907. The fraction of sp³-hybridized carbons (Fsp3) is 1.00. The quantitative estimate of drug-likeness (QED) is 0.802. The second-order valence-corrected chi connectivity index (χ2v) is 8.50. The van der Waals surface area contributed by atoms with Crippen molar-refractivity contribution in [2.45, 2.75) is 70.8 Å². The van der Waals surface area contributed by atoms with Crippen molar-refractivity contribution < 1.29 is 0 Å². The molecule has 1 nitrogen and oxygen atoms in total. The maximum atomic E-state index is 4.06. The molecule has 5 aliphatic carbocycles. The van der Waals surface area contributed by atoms with Gasteiger partial charge in [0, 0.05) is 6.04 Å². The third-order valence-electron chi connectivity index (χ3n) is 6.91. The van der Waals surface area contributed by atoms with Gasteiger partial charge in [-0.05, 0) is 87.0 Å². The summed E-state index contributed by atoms with van der Waals surface area (Å²) in [6, 6.07) is 0.907. The van der Waals surface area contributed by atoms with Crippen molar-refractivity contribution in [3.63, 3.8) is 0 Å². The van der Waals surface area contributed by atoms with Crippen molar-refractivity contribution in [3.05, 3.63) is 0 Å². The zero-order valence-corrected chi connectivity index (χ0v) is 12.6. The van der Waals surface area contributed by atoms with Crippen LogP contribution in [-0.4, -0.2) is 12.6 Å². The summed E-state index contributed by atoms with van der Waals surface area (Å²) in [5.74, 6) is 6.32. The highest BCUT2D eigenvalue weighted by Crippen LogP contribution is 2.53. The van der Waals surface area contributed by atoms with Gasteiger partial charge in [0.15, 0.2) is 0 Å². The van der Waals surface area contributed by atoms with E-state index in [4.69, 9.17) is 0 Å². The Labute approximate surface area is 118 Å². The SMILES string of the molecule is CC1CCCC(CNC2C3CC4CC(C3)CC2C4)C1. The standard InChI is InChI=1S/C18H31N/c1-12-3-2-4-13(5-12)11-19-18-16-7-14-6-15(9-16)10-17(18)8-14/h12-19H,2-11H2,1H3. The first kappa shape index (κ1) is 12.7. The summed E-state index contributed by atoms with van der Waals surface area (Å²) in [6.07, 6.45) is 13.8. The molecule has 0 saturated heterocycles. The molecule has 4 bridgehead atoms. The third-order valence-corrected chi connectivity index (χ3v) is 6.91. The van der Waals surface area contributed by atoms with E-state index >= 15 is 0 Å². The highest BCUT2D eigenvalue weighted by atomic mass is 14.9. The molecule has 0 radical (unpaired) electrons. The Balaban J connectivity index is 1.33. The molecule has 0 aromatic rings. The lowest BCUT2D eigenvalue weighted by Gasteiger charge is -2.55. The van der Waals surface area contributed by atoms with Gasteiger partial charge in [0.05, 0.1) is 0 Å². The molecule has 0 aromatic carbocycles. The molecule has 0 aliphatic heterocycles. The largest absolute Gasteiger partial charge is 0.313 e. The zero-order chi connectivity index (χ0) is 12.8. The van der Waals surface area contributed by atoms with Crippen LogP contribution in [-0.2, 0) is 0 Å². The van der Waals surface area contributed by atoms with Crippen molar-refractivity contribution in [2.75, 3.05) is 6.54 Å². The van der Waals surface area contributed by atoms with E-state index in [0.717, 1.165) is 41.5 Å². The molecule has 2 atom stereocenters. The molecule has 19 heavy (non-hydrogen) atoms. The van der Waals surface area contributed by atoms with Gasteiger partial charge < -0.3 is 5.32 Å². The first-order valence-corrected chi connectivity index (χ1v) is 9.01. The van der Waals surface area contributed by atoms with Gasteiger partial charge in [-0.25, -0.2) is 0 Å². The molecular formula is C18H31N. The van der Waals surface area contributed by atoms with E-state index in [9.17, 15) is 0 Å². The normalized spacial score (nSPS) is 52.6. The Morgan fingerprint density at radius 1 is 0.842 bits per heavy atom. The van der Waals surface area contributed by atoms with Gasteiger partial charge in [0.1, 0.15) is 0 Å². The van der Waals surface area contributed by atoms with E-state index in [2.05, 4.69) is 12.2 Å². The second kappa shape index (κ2) is 5.06. The van der Waals surface area contributed by atoms with Crippen LogP contribution < -0.4 is 5.32 Å². The molecule has 1 N–H and O–H groups in total. The van der Waals surface area contributed by atoms with Gasteiger partial charge in [-0.1, -0.05) is 19.8 Å². The summed E-state index contributed by atoms with van der Waals surface area (Å²) in [5, 5.41) is 4.06. The summed E-state index contributed by atoms with van der Waals surface area (Å²) in [6.45, 7) is 3.78. The summed E-state index contributed by atoms with van der Waals surface area (Å²) >= 11 is 0. The molecule has 0 heterocycles. The predicted octanol–water partition coefficient (Wildman–Crippen LogP) is 4.23. The summed E-state index contributed by atoms with van der Waals surface area (Å²) in [5.41, 5.74) is 0. The van der Waals surface area contributed by atoms with Crippen LogP contribution in [0.25, 0.3) is 0 Å². The Bertz CT molecular complexity index is 296. The second-order valence-electron chi connectivity index (χ2n) is 8.50. The van der Waals surface area contributed by atoms with Crippen LogP contribution in [0.3, 0.4) is 0 Å². The molecule has 0 spiro atoms. The lowest BCUT2D eigenvalue weighted by atomic mass is 9.54. The monoisotopic (exact) mass is 261 g/mol. The Hall–Kier alpha value is -0.0400. The molecule has 108 valence electrons. The smallest absolute Gasteiger partial charge is 0.0124 e. The fourth-order valence-electron chi connectivity index (χ4n) is 6.31. The van der Waals surface area contributed by atoms with Crippen LogP contribution in [0, 0.1) is 35.5 Å². The average Bonchev–Trinajstić information content (AvgIpc) is 2.37. The molecule has 5 aliphatic rings. The lowest BCUT2D eigenvalue weighted by molar-refractivity contribution is -0.0155. The molecular weight excluding hydrogens is 230 g/mol. The third kappa shape index (κ3) is 2.48. The first-order chi connectivity index (χ1) is 9.28. The van der Waals surface area contributed by atoms with E-state index in [0.29, 0.717) is 0 Å². The topological polar surface area (TPSA) is 12.0 Å². The van der Waals surface area contributed by atoms with Crippen molar-refractivity contribution >= 4 is 0 Å². The predicted molar refractivity (Wildman–Crippen MR) is 80.0 cm³/mol. The molecule has 0 amide bonds. The number of hydrogen-bond donors (Lipinski definition) is 1. The molecule has 5 fully saturated rings. The Morgan fingerprint density at radius 3 is 2.16 bits per heavy atom. The van der Waals surface area contributed by atoms with Crippen molar-refractivity contribution in [1.82, 2.24) is 5.32 Å². The minimum Gasteiger partial charge on any atom is -0.313 e. The highest BCUT2D eigenvalue weighted by molar-refractivity contribution is 5.01. The maximum Gasteiger partial charge on any atom is 0.0124 e. The molecule has 5 saturated carbocycles. The van der Waals surface area contributed by atoms with Gasteiger partial charge in [0.25, 0.3) is 0 Å². The molecule has 0 aromatic heterocycles. The summed E-state index contributed by atoms with van der Waals surface area (Å²) in [7, 11) is 0. The van der Waals surface area contributed by atoms with Crippen LogP contribution >= 0.6 is 0 Å². The van der Waals surface area contributed by atoms with Crippen molar-refractivity contribution in [2.24, 2.45) is 35.5 Å². The van der Waals surface area contributed by atoms with E-state index < -0.39 is 0 Å². The first-order valence-electron chi connectivity index (χ1n) is 9.01. The Kier molecular flexibility index (Phi) is 3.38. The zero-order valence-electron chi connectivity index (χ0n) is 12.6. The van der Waals surface area contributed by atoms with Crippen LogP contribution in [0.4, 0.5) is 0 Å². The van der Waals surface area contributed by atoms with E-state index in [1.54, 1.807) is 32.1 Å².